The number of ether oxygens (including phenoxy) is 5. The van der Waals surface area contributed by atoms with Crippen LogP contribution in [0.1, 0.15) is 29.3 Å². The van der Waals surface area contributed by atoms with Gasteiger partial charge in [0.25, 0.3) is 5.91 Å². The highest BCUT2D eigenvalue weighted by Gasteiger charge is 2.34. The molecule has 1 atom stereocenters. The minimum atomic E-state index is -0.0915. The second kappa shape index (κ2) is 10.2. The number of methoxy groups -OCH3 is 2. The first-order valence-electron chi connectivity index (χ1n) is 10.3. The molecule has 2 aromatic rings. The number of hydrogen-bond donors (Lipinski definition) is 0. The minimum Gasteiger partial charge on any atom is -0.493 e. The Labute approximate surface area is 194 Å². The highest BCUT2D eigenvalue weighted by molar-refractivity contribution is 5.98. The fourth-order valence-electron chi connectivity index (χ4n) is 4.04. The van der Waals surface area contributed by atoms with E-state index < -0.39 is 0 Å². The fourth-order valence-corrected chi connectivity index (χ4v) is 4.04. The van der Waals surface area contributed by atoms with Gasteiger partial charge < -0.3 is 23.7 Å². The maximum absolute atomic E-state index is 13.2. The summed E-state index contributed by atoms with van der Waals surface area (Å²) < 4.78 is 27.4. The molecule has 1 unspecified atom stereocenters. The molecule has 2 heterocycles. The van der Waals surface area contributed by atoms with Gasteiger partial charge in [-0.3, -0.25) is 14.6 Å². The molecule has 2 aromatic carbocycles. The van der Waals surface area contributed by atoms with Gasteiger partial charge in [0, 0.05) is 18.7 Å². The Kier molecular flexibility index (Phi) is 7.58. The Balaban J connectivity index is 0.00000289. The van der Waals surface area contributed by atoms with Crippen LogP contribution in [0.5, 0.6) is 28.7 Å². The lowest BCUT2D eigenvalue weighted by atomic mass is 10.1. The molecule has 1 amide bonds. The SMILES string of the molecule is CCC(N(C)CCc1ccc(OC)c(OC)c1)N1COc2cc3c(cc2C1=O)OCO3.Cl. The fraction of sp³-hybridized carbons (Fsp3) is 0.435. The van der Waals surface area contributed by atoms with Crippen LogP contribution in [0.2, 0.25) is 0 Å². The number of hydrogen-bond acceptors (Lipinski definition) is 7. The molecule has 0 saturated heterocycles. The summed E-state index contributed by atoms with van der Waals surface area (Å²) in [4.78, 5) is 17.2. The molecule has 4 rings (SSSR count). The van der Waals surface area contributed by atoms with E-state index in [1.165, 1.54) is 0 Å². The number of amides is 1. The van der Waals surface area contributed by atoms with Crippen molar-refractivity contribution in [1.29, 1.82) is 0 Å². The number of halogens is 1. The van der Waals surface area contributed by atoms with Crippen LogP contribution in [0.4, 0.5) is 0 Å². The van der Waals surface area contributed by atoms with Crippen molar-refractivity contribution in [3.8, 4) is 28.7 Å². The van der Waals surface area contributed by atoms with Gasteiger partial charge in [0.05, 0.1) is 25.9 Å². The maximum atomic E-state index is 13.2. The highest BCUT2D eigenvalue weighted by Crippen LogP contribution is 2.40. The highest BCUT2D eigenvalue weighted by atomic mass is 35.5. The van der Waals surface area contributed by atoms with E-state index in [2.05, 4.69) is 11.8 Å². The predicted molar refractivity (Wildman–Crippen MR) is 121 cm³/mol. The van der Waals surface area contributed by atoms with E-state index in [1.54, 1.807) is 31.3 Å². The number of carbonyl (C=O) groups excluding carboxylic acids is 1. The lowest BCUT2D eigenvalue weighted by molar-refractivity contribution is 0.000567. The smallest absolute Gasteiger partial charge is 0.261 e. The molecule has 8 nitrogen and oxygen atoms in total. The first kappa shape index (κ1) is 23.8. The van der Waals surface area contributed by atoms with Crippen LogP contribution in [0.15, 0.2) is 30.3 Å². The standard InChI is InChI=1S/C23H28N2O6.ClH/c1-5-22(24(2)9-8-15-6-7-17(27-3)19(10-15)28-4)25-13-29-18-12-21-20(30-14-31-21)11-16(18)23(25)26;/h6-7,10-12,22H,5,8-9,13-14H2,1-4H3;1H. The third kappa shape index (κ3) is 4.52. The van der Waals surface area contributed by atoms with Gasteiger partial charge in [-0.2, -0.15) is 0 Å². The summed E-state index contributed by atoms with van der Waals surface area (Å²) in [7, 11) is 5.28. The van der Waals surface area contributed by atoms with Crippen LogP contribution in [-0.4, -0.2) is 63.2 Å². The Morgan fingerprint density at radius 3 is 2.44 bits per heavy atom. The summed E-state index contributed by atoms with van der Waals surface area (Å²) in [6.45, 7) is 3.20. The Hall–Kier alpha value is -2.84. The van der Waals surface area contributed by atoms with Crippen molar-refractivity contribution in [1.82, 2.24) is 9.80 Å². The first-order valence-corrected chi connectivity index (χ1v) is 10.3. The first-order chi connectivity index (χ1) is 15.0. The topological polar surface area (TPSA) is 69.7 Å². The monoisotopic (exact) mass is 464 g/mol. The molecule has 32 heavy (non-hydrogen) atoms. The van der Waals surface area contributed by atoms with Crippen molar-refractivity contribution < 1.29 is 28.5 Å². The molecule has 0 aromatic heterocycles. The molecule has 174 valence electrons. The Bertz CT molecular complexity index is 970. The Morgan fingerprint density at radius 2 is 1.75 bits per heavy atom. The quantitative estimate of drug-likeness (QED) is 0.591. The van der Waals surface area contributed by atoms with E-state index in [1.807, 2.05) is 25.2 Å². The molecule has 0 N–H and O–H groups in total. The van der Waals surface area contributed by atoms with E-state index in [4.69, 9.17) is 23.7 Å². The van der Waals surface area contributed by atoms with Crippen molar-refractivity contribution in [3.63, 3.8) is 0 Å². The van der Waals surface area contributed by atoms with E-state index in [0.717, 1.165) is 24.9 Å². The number of fused-ring (bicyclic) bond motifs is 2. The van der Waals surface area contributed by atoms with Gasteiger partial charge in [-0.25, -0.2) is 0 Å². The summed E-state index contributed by atoms with van der Waals surface area (Å²) in [6, 6.07) is 9.37. The molecule has 0 aliphatic carbocycles. The molecule has 0 fully saturated rings. The van der Waals surface area contributed by atoms with Gasteiger partial charge in [-0.1, -0.05) is 13.0 Å². The van der Waals surface area contributed by atoms with Crippen LogP contribution < -0.4 is 23.7 Å². The van der Waals surface area contributed by atoms with E-state index in [0.29, 0.717) is 34.3 Å². The van der Waals surface area contributed by atoms with E-state index in [-0.39, 0.29) is 38.0 Å². The molecule has 0 spiro atoms. The number of likely N-dealkylation sites (N-methyl/N-ethyl adjacent to an activating group) is 1. The average Bonchev–Trinajstić information content (AvgIpc) is 3.25. The van der Waals surface area contributed by atoms with Crippen molar-refractivity contribution in [3.05, 3.63) is 41.5 Å². The number of benzene rings is 2. The van der Waals surface area contributed by atoms with Gasteiger partial charge in [0.1, 0.15) is 5.75 Å². The van der Waals surface area contributed by atoms with Crippen LogP contribution in [0, 0.1) is 0 Å². The van der Waals surface area contributed by atoms with Crippen LogP contribution in [0.25, 0.3) is 0 Å². The van der Waals surface area contributed by atoms with Gasteiger partial charge in [-0.15, -0.1) is 12.4 Å². The maximum Gasteiger partial charge on any atom is 0.261 e. The molecule has 0 saturated carbocycles. The average molecular weight is 465 g/mol. The molecule has 2 aliphatic rings. The van der Waals surface area contributed by atoms with Gasteiger partial charge in [-0.05, 0) is 37.6 Å². The Morgan fingerprint density at radius 1 is 1.03 bits per heavy atom. The van der Waals surface area contributed by atoms with Gasteiger partial charge >= 0.3 is 0 Å². The molecule has 9 heteroatoms. The van der Waals surface area contributed by atoms with Crippen LogP contribution >= 0.6 is 12.4 Å². The summed E-state index contributed by atoms with van der Waals surface area (Å²) >= 11 is 0. The third-order valence-corrected chi connectivity index (χ3v) is 5.76. The zero-order valence-corrected chi connectivity index (χ0v) is 19.6. The molecule has 0 bridgehead atoms. The summed E-state index contributed by atoms with van der Waals surface area (Å²) in [5.74, 6) is 3.08. The zero-order chi connectivity index (χ0) is 22.0. The predicted octanol–water partition coefficient (Wildman–Crippen LogP) is 3.56. The van der Waals surface area contributed by atoms with Crippen molar-refractivity contribution >= 4 is 18.3 Å². The second-order valence-electron chi connectivity index (χ2n) is 7.56. The summed E-state index contributed by atoms with van der Waals surface area (Å²) in [6.07, 6.45) is 1.49. The largest absolute Gasteiger partial charge is 0.493 e. The number of carbonyl (C=O) groups is 1. The molecular formula is C23H29ClN2O6. The number of nitrogens with zero attached hydrogens (tertiary/aromatic N) is 2. The van der Waals surface area contributed by atoms with Crippen LogP contribution in [-0.2, 0) is 6.42 Å². The lowest BCUT2D eigenvalue weighted by Crippen LogP contribution is -2.52. The summed E-state index contributed by atoms with van der Waals surface area (Å²) in [5.41, 5.74) is 1.64. The van der Waals surface area contributed by atoms with E-state index >= 15 is 0 Å². The normalized spacial score (nSPS) is 15.0. The number of rotatable bonds is 8. The van der Waals surface area contributed by atoms with Crippen molar-refractivity contribution in [2.24, 2.45) is 0 Å². The second-order valence-corrected chi connectivity index (χ2v) is 7.56. The zero-order valence-electron chi connectivity index (χ0n) is 18.8. The molecule has 0 radical (unpaired) electrons. The summed E-state index contributed by atoms with van der Waals surface area (Å²) in [5, 5.41) is 0. The van der Waals surface area contributed by atoms with E-state index in [9.17, 15) is 4.79 Å². The molecule has 2 aliphatic heterocycles. The van der Waals surface area contributed by atoms with Gasteiger partial charge in [0.15, 0.2) is 29.7 Å². The lowest BCUT2D eigenvalue weighted by Gasteiger charge is -2.39. The minimum absolute atomic E-state index is 0. The molecular weight excluding hydrogens is 436 g/mol. The van der Waals surface area contributed by atoms with Crippen molar-refractivity contribution in [2.75, 3.05) is 41.3 Å². The van der Waals surface area contributed by atoms with Crippen molar-refractivity contribution in [2.45, 2.75) is 25.9 Å². The van der Waals surface area contributed by atoms with Gasteiger partial charge in [0.2, 0.25) is 6.79 Å². The third-order valence-electron chi connectivity index (χ3n) is 5.76. The van der Waals surface area contributed by atoms with Crippen LogP contribution in [0.3, 0.4) is 0 Å².